The van der Waals surface area contributed by atoms with Crippen LogP contribution in [0.5, 0.6) is 0 Å². The number of nitrogens with two attached hydrogens (primary N) is 1. The standard InChI is InChI=1S/C14H19N3O3S/c15-11-2-4-12(5-3-11)21(19,20)17-8-7-13-10(9-17)1-6-14(18)16-13/h2-5,10,13H,1,6-9,15H2,(H,16,18). The van der Waals surface area contributed by atoms with E-state index < -0.39 is 10.0 Å². The van der Waals surface area contributed by atoms with Gasteiger partial charge in [0.05, 0.1) is 4.90 Å². The Morgan fingerprint density at radius 2 is 1.90 bits per heavy atom. The van der Waals surface area contributed by atoms with Crippen molar-refractivity contribution in [2.75, 3.05) is 18.8 Å². The monoisotopic (exact) mass is 309 g/mol. The van der Waals surface area contributed by atoms with Crippen molar-refractivity contribution in [3.63, 3.8) is 0 Å². The van der Waals surface area contributed by atoms with Crippen LogP contribution in [0.3, 0.4) is 0 Å². The molecule has 2 saturated heterocycles. The predicted molar refractivity (Wildman–Crippen MR) is 78.9 cm³/mol. The highest BCUT2D eigenvalue weighted by Gasteiger charge is 2.38. The van der Waals surface area contributed by atoms with Crippen LogP contribution in [0.25, 0.3) is 0 Å². The second-order valence-corrected chi connectivity index (χ2v) is 7.63. The lowest BCUT2D eigenvalue weighted by Crippen LogP contribution is -2.54. The normalized spacial score (nSPS) is 27.0. The second-order valence-electron chi connectivity index (χ2n) is 5.69. The average Bonchev–Trinajstić information content (AvgIpc) is 2.47. The summed E-state index contributed by atoms with van der Waals surface area (Å²) in [5.41, 5.74) is 6.14. The van der Waals surface area contributed by atoms with Gasteiger partial charge in [-0.15, -0.1) is 0 Å². The summed E-state index contributed by atoms with van der Waals surface area (Å²) in [6.07, 6.45) is 1.91. The van der Waals surface area contributed by atoms with Crippen LogP contribution in [0.1, 0.15) is 19.3 Å². The number of hydrogen-bond acceptors (Lipinski definition) is 4. The van der Waals surface area contributed by atoms with E-state index in [1.807, 2.05) is 0 Å². The molecule has 1 amide bonds. The first kappa shape index (κ1) is 14.3. The third-order valence-electron chi connectivity index (χ3n) is 4.30. The van der Waals surface area contributed by atoms with Crippen LogP contribution in [-0.2, 0) is 14.8 Å². The molecule has 0 aromatic heterocycles. The molecule has 114 valence electrons. The van der Waals surface area contributed by atoms with E-state index in [1.54, 1.807) is 24.3 Å². The Morgan fingerprint density at radius 3 is 2.62 bits per heavy atom. The van der Waals surface area contributed by atoms with Crippen molar-refractivity contribution in [3.05, 3.63) is 24.3 Å². The smallest absolute Gasteiger partial charge is 0.243 e. The second kappa shape index (κ2) is 5.31. The van der Waals surface area contributed by atoms with Gasteiger partial charge >= 0.3 is 0 Å². The number of amides is 1. The molecule has 2 aliphatic heterocycles. The van der Waals surface area contributed by atoms with Gasteiger partial charge in [-0.1, -0.05) is 0 Å². The molecule has 1 aromatic carbocycles. The van der Waals surface area contributed by atoms with Gasteiger partial charge in [-0.05, 0) is 43.0 Å². The highest BCUT2D eigenvalue weighted by Crippen LogP contribution is 2.29. The molecule has 1 aromatic rings. The molecule has 2 heterocycles. The summed E-state index contributed by atoms with van der Waals surface area (Å²) in [7, 11) is -3.48. The number of rotatable bonds is 2. The Hall–Kier alpha value is -1.60. The summed E-state index contributed by atoms with van der Waals surface area (Å²) < 4.78 is 26.8. The molecule has 0 spiro atoms. The SMILES string of the molecule is Nc1ccc(S(=O)(=O)N2CCC3NC(=O)CCC3C2)cc1. The first-order valence-electron chi connectivity index (χ1n) is 7.12. The molecule has 3 rings (SSSR count). The molecule has 2 aliphatic rings. The van der Waals surface area contributed by atoms with E-state index >= 15 is 0 Å². The molecule has 3 N–H and O–H groups in total. The van der Waals surface area contributed by atoms with Crippen molar-refractivity contribution in [1.82, 2.24) is 9.62 Å². The molecule has 0 saturated carbocycles. The van der Waals surface area contributed by atoms with Crippen molar-refractivity contribution in [2.24, 2.45) is 5.92 Å². The van der Waals surface area contributed by atoms with Gasteiger partial charge in [0, 0.05) is 31.2 Å². The van der Waals surface area contributed by atoms with Crippen molar-refractivity contribution < 1.29 is 13.2 Å². The van der Waals surface area contributed by atoms with Gasteiger partial charge in [0.1, 0.15) is 0 Å². The van der Waals surface area contributed by atoms with Gasteiger partial charge in [-0.25, -0.2) is 8.42 Å². The summed E-state index contributed by atoms with van der Waals surface area (Å²) in [6.45, 7) is 0.909. The molecule has 2 atom stereocenters. The Kier molecular flexibility index (Phi) is 3.62. The fraction of sp³-hybridized carbons (Fsp3) is 0.500. The Morgan fingerprint density at radius 1 is 1.19 bits per heavy atom. The van der Waals surface area contributed by atoms with Gasteiger partial charge in [0.2, 0.25) is 15.9 Å². The van der Waals surface area contributed by atoms with E-state index in [0.29, 0.717) is 31.6 Å². The lowest BCUT2D eigenvalue weighted by Gasteiger charge is -2.40. The maximum absolute atomic E-state index is 12.6. The van der Waals surface area contributed by atoms with Gasteiger partial charge in [0.15, 0.2) is 0 Å². The number of fused-ring (bicyclic) bond motifs is 1. The lowest BCUT2D eigenvalue weighted by molar-refractivity contribution is -0.124. The van der Waals surface area contributed by atoms with Crippen molar-refractivity contribution >= 4 is 21.6 Å². The minimum Gasteiger partial charge on any atom is -0.399 e. The molecule has 0 bridgehead atoms. The van der Waals surface area contributed by atoms with Crippen LogP contribution in [0.15, 0.2) is 29.2 Å². The number of carbonyl (C=O) groups excluding carboxylic acids is 1. The number of nitrogen functional groups attached to an aromatic ring is 1. The summed E-state index contributed by atoms with van der Waals surface area (Å²) in [6, 6.07) is 6.39. The Labute approximate surface area is 124 Å². The van der Waals surface area contributed by atoms with E-state index in [1.165, 1.54) is 4.31 Å². The van der Waals surface area contributed by atoms with Gasteiger partial charge in [-0.2, -0.15) is 4.31 Å². The molecule has 0 aliphatic carbocycles. The van der Waals surface area contributed by atoms with Crippen molar-refractivity contribution in [1.29, 1.82) is 0 Å². The number of benzene rings is 1. The maximum atomic E-state index is 12.6. The first-order chi connectivity index (χ1) is 9.96. The number of hydrogen-bond donors (Lipinski definition) is 2. The molecule has 6 nitrogen and oxygen atoms in total. The van der Waals surface area contributed by atoms with Crippen molar-refractivity contribution in [2.45, 2.75) is 30.2 Å². The highest BCUT2D eigenvalue weighted by atomic mass is 32.2. The first-order valence-corrected chi connectivity index (χ1v) is 8.56. The van der Waals surface area contributed by atoms with Crippen LogP contribution in [0.4, 0.5) is 5.69 Å². The topological polar surface area (TPSA) is 92.5 Å². The summed E-state index contributed by atoms with van der Waals surface area (Å²) in [5, 5.41) is 2.96. The number of nitrogens with zero attached hydrogens (tertiary/aromatic N) is 1. The van der Waals surface area contributed by atoms with Crippen molar-refractivity contribution in [3.8, 4) is 0 Å². The Balaban J connectivity index is 1.78. The molecule has 21 heavy (non-hydrogen) atoms. The molecule has 2 fully saturated rings. The molecular weight excluding hydrogens is 290 g/mol. The average molecular weight is 309 g/mol. The maximum Gasteiger partial charge on any atom is 0.243 e. The highest BCUT2D eigenvalue weighted by molar-refractivity contribution is 7.89. The van der Waals surface area contributed by atoms with Crippen LogP contribution >= 0.6 is 0 Å². The molecule has 7 heteroatoms. The zero-order valence-electron chi connectivity index (χ0n) is 11.7. The van der Waals surface area contributed by atoms with Crippen LogP contribution in [0.2, 0.25) is 0 Å². The summed E-state index contributed by atoms with van der Waals surface area (Å²) in [4.78, 5) is 11.7. The van der Waals surface area contributed by atoms with Gasteiger partial charge in [-0.3, -0.25) is 4.79 Å². The van der Waals surface area contributed by atoms with E-state index in [-0.39, 0.29) is 22.8 Å². The molecular formula is C14H19N3O3S. The number of piperidine rings is 2. The predicted octanol–water partition coefficient (Wildman–Crippen LogP) is 0.558. The van der Waals surface area contributed by atoms with E-state index in [0.717, 1.165) is 6.42 Å². The number of anilines is 1. The fourth-order valence-electron chi connectivity index (χ4n) is 3.08. The van der Waals surface area contributed by atoms with E-state index in [9.17, 15) is 13.2 Å². The molecule has 0 radical (unpaired) electrons. The van der Waals surface area contributed by atoms with E-state index in [2.05, 4.69) is 5.32 Å². The third kappa shape index (κ3) is 2.75. The Bertz CT molecular complexity index is 642. The van der Waals surface area contributed by atoms with E-state index in [4.69, 9.17) is 5.73 Å². The minimum absolute atomic E-state index is 0.0751. The van der Waals surface area contributed by atoms with Gasteiger partial charge in [0.25, 0.3) is 0 Å². The number of sulfonamides is 1. The zero-order valence-corrected chi connectivity index (χ0v) is 12.5. The third-order valence-corrected chi connectivity index (χ3v) is 6.18. The van der Waals surface area contributed by atoms with Crippen LogP contribution in [-0.4, -0.2) is 37.8 Å². The fourth-order valence-corrected chi connectivity index (χ4v) is 4.60. The quantitative estimate of drug-likeness (QED) is 0.781. The molecule has 2 unspecified atom stereocenters. The largest absolute Gasteiger partial charge is 0.399 e. The van der Waals surface area contributed by atoms with Crippen LogP contribution in [0, 0.1) is 5.92 Å². The van der Waals surface area contributed by atoms with Gasteiger partial charge < -0.3 is 11.1 Å². The van der Waals surface area contributed by atoms with Crippen LogP contribution < -0.4 is 11.1 Å². The zero-order chi connectivity index (χ0) is 15.0. The minimum atomic E-state index is -3.48. The summed E-state index contributed by atoms with van der Waals surface area (Å²) >= 11 is 0. The summed E-state index contributed by atoms with van der Waals surface area (Å²) in [5.74, 6) is 0.283. The number of carbonyl (C=O) groups is 1. The number of nitrogens with one attached hydrogen (secondary N) is 1. The lowest BCUT2D eigenvalue weighted by atomic mass is 9.86.